The second-order valence-corrected chi connectivity index (χ2v) is 4.38. The summed E-state index contributed by atoms with van der Waals surface area (Å²) in [6, 6.07) is 8.93. The van der Waals surface area contributed by atoms with Crippen molar-refractivity contribution in [3.63, 3.8) is 0 Å². The van der Waals surface area contributed by atoms with Crippen molar-refractivity contribution in [2.75, 3.05) is 18.2 Å². The summed E-state index contributed by atoms with van der Waals surface area (Å²) in [7, 11) is 1.36. The van der Waals surface area contributed by atoms with Crippen molar-refractivity contribution in [1.82, 2.24) is 0 Å². The van der Waals surface area contributed by atoms with E-state index in [1.54, 1.807) is 18.2 Å². The van der Waals surface area contributed by atoms with Crippen LogP contribution in [0.2, 0.25) is 5.02 Å². The smallest absolute Gasteiger partial charge is 0.262 e. The summed E-state index contributed by atoms with van der Waals surface area (Å²) in [5.41, 5.74) is 6.07. The molecule has 0 unspecified atom stereocenters. The lowest BCUT2D eigenvalue weighted by molar-refractivity contribution is 0.102. The van der Waals surface area contributed by atoms with Crippen molar-refractivity contribution in [2.24, 2.45) is 0 Å². The van der Waals surface area contributed by atoms with Crippen molar-refractivity contribution in [2.45, 2.75) is 0 Å². The fraction of sp³-hybridized carbons (Fsp3) is 0.0714. The summed E-state index contributed by atoms with van der Waals surface area (Å²) >= 11 is 5.95. The van der Waals surface area contributed by atoms with E-state index < -0.39 is 11.7 Å². The summed E-state index contributed by atoms with van der Waals surface area (Å²) < 4.78 is 18.8. The third kappa shape index (κ3) is 2.67. The first-order chi connectivity index (χ1) is 9.54. The molecule has 2 rings (SSSR count). The van der Waals surface area contributed by atoms with E-state index in [9.17, 15) is 9.18 Å². The minimum Gasteiger partial charge on any atom is -0.496 e. The number of amides is 1. The quantitative estimate of drug-likeness (QED) is 0.854. The molecule has 0 radical (unpaired) electrons. The summed E-state index contributed by atoms with van der Waals surface area (Å²) in [5.74, 6) is -1.24. The Bertz CT molecular complexity index is 641. The van der Waals surface area contributed by atoms with Crippen LogP contribution in [0.4, 0.5) is 15.8 Å². The summed E-state index contributed by atoms with van der Waals surface area (Å²) in [4.78, 5) is 12.2. The van der Waals surface area contributed by atoms with Crippen LogP contribution in [0.5, 0.6) is 5.75 Å². The number of nitrogen functional groups attached to an aromatic ring is 1. The largest absolute Gasteiger partial charge is 0.496 e. The molecule has 0 aliphatic heterocycles. The van der Waals surface area contributed by atoms with Gasteiger partial charge in [-0.15, -0.1) is 0 Å². The zero-order valence-corrected chi connectivity index (χ0v) is 11.4. The van der Waals surface area contributed by atoms with Gasteiger partial charge < -0.3 is 15.8 Å². The van der Waals surface area contributed by atoms with Gasteiger partial charge in [-0.05, 0) is 24.3 Å². The average molecular weight is 295 g/mol. The summed E-state index contributed by atoms with van der Waals surface area (Å²) in [6.45, 7) is 0. The molecule has 0 aliphatic carbocycles. The number of nitrogens with one attached hydrogen (secondary N) is 1. The first-order valence-electron chi connectivity index (χ1n) is 5.72. The van der Waals surface area contributed by atoms with E-state index >= 15 is 0 Å². The van der Waals surface area contributed by atoms with Gasteiger partial charge in [-0.3, -0.25) is 4.79 Å². The molecule has 0 spiro atoms. The minimum absolute atomic E-state index is 0.133. The van der Waals surface area contributed by atoms with Crippen molar-refractivity contribution in [3.05, 3.63) is 52.8 Å². The average Bonchev–Trinajstić information content (AvgIpc) is 2.42. The van der Waals surface area contributed by atoms with Crippen molar-refractivity contribution >= 4 is 28.9 Å². The number of ether oxygens (including phenoxy) is 1. The summed E-state index contributed by atoms with van der Waals surface area (Å²) in [5, 5.41) is 2.77. The molecule has 0 heterocycles. The Morgan fingerprint density at radius 1 is 1.30 bits per heavy atom. The van der Waals surface area contributed by atoms with Gasteiger partial charge in [0.2, 0.25) is 0 Å². The number of benzene rings is 2. The van der Waals surface area contributed by atoms with Crippen LogP contribution < -0.4 is 15.8 Å². The van der Waals surface area contributed by atoms with Gasteiger partial charge in [0.25, 0.3) is 5.91 Å². The molecule has 0 atom stereocenters. The Balaban J connectivity index is 2.39. The van der Waals surface area contributed by atoms with Crippen molar-refractivity contribution < 1.29 is 13.9 Å². The van der Waals surface area contributed by atoms with E-state index in [-0.39, 0.29) is 22.0 Å². The summed E-state index contributed by atoms with van der Waals surface area (Å²) in [6.07, 6.45) is 0. The van der Waals surface area contributed by atoms with E-state index in [2.05, 4.69) is 5.32 Å². The lowest BCUT2D eigenvalue weighted by Gasteiger charge is -2.12. The first-order valence-corrected chi connectivity index (χ1v) is 6.10. The molecule has 20 heavy (non-hydrogen) atoms. The fourth-order valence-corrected chi connectivity index (χ4v) is 1.97. The number of carbonyl (C=O) groups excluding carboxylic acids is 1. The molecule has 2 aromatic rings. The molecule has 2 aromatic carbocycles. The van der Waals surface area contributed by atoms with Crippen LogP contribution in [0, 0.1) is 5.82 Å². The van der Waals surface area contributed by atoms with Crippen LogP contribution in [-0.2, 0) is 0 Å². The van der Waals surface area contributed by atoms with Crippen LogP contribution in [-0.4, -0.2) is 13.0 Å². The number of rotatable bonds is 3. The molecule has 1 amide bonds. The first kappa shape index (κ1) is 14.1. The Hall–Kier alpha value is -2.27. The zero-order chi connectivity index (χ0) is 14.7. The third-order valence-electron chi connectivity index (χ3n) is 2.71. The van der Waals surface area contributed by atoms with Gasteiger partial charge in [-0.2, -0.15) is 0 Å². The Kier molecular flexibility index (Phi) is 4.10. The van der Waals surface area contributed by atoms with Gasteiger partial charge >= 0.3 is 0 Å². The highest BCUT2D eigenvalue weighted by molar-refractivity contribution is 6.34. The molecule has 0 aliphatic rings. The number of anilines is 2. The van der Waals surface area contributed by atoms with Crippen LogP contribution in [0.1, 0.15) is 10.4 Å². The number of halogens is 2. The zero-order valence-electron chi connectivity index (χ0n) is 10.6. The van der Waals surface area contributed by atoms with Crippen LogP contribution in [0.15, 0.2) is 36.4 Å². The number of nitrogens with two attached hydrogens (primary N) is 1. The van der Waals surface area contributed by atoms with Gasteiger partial charge in [0, 0.05) is 0 Å². The number of hydrogen-bond donors (Lipinski definition) is 2. The van der Waals surface area contributed by atoms with Crippen molar-refractivity contribution in [3.8, 4) is 5.75 Å². The van der Waals surface area contributed by atoms with Crippen LogP contribution in [0.3, 0.4) is 0 Å². The monoisotopic (exact) mass is 294 g/mol. The predicted octanol–water partition coefficient (Wildman–Crippen LogP) is 3.32. The van der Waals surface area contributed by atoms with Crippen LogP contribution >= 0.6 is 11.6 Å². The van der Waals surface area contributed by atoms with E-state index in [0.29, 0.717) is 5.69 Å². The van der Waals surface area contributed by atoms with E-state index in [4.69, 9.17) is 22.1 Å². The molecule has 0 fully saturated rings. The number of para-hydroxylation sites is 1. The lowest BCUT2D eigenvalue weighted by atomic mass is 10.1. The Morgan fingerprint density at radius 3 is 2.65 bits per heavy atom. The van der Waals surface area contributed by atoms with Gasteiger partial charge in [0.15, 0.2) is 0 Å². The molecular formula is C14H12ClFN2O2. The highest BCUT2D eigenvalue weighted by Crippen LogP contribution is 2.30. The Morgan fingerprint density at radius 2 is 2.00 bits per heavy atom. The molecule has 0 saturated heterocycles. The lowest BCUT2D eigenvalue weighted by Crippen LogP contribution is -2.16. The van der Waals surface area contributed by atoms with Gasteiger partial charge in [0.05, 0.1) is 23.5 Å². The standard InChI is InChI=1S/C14H12ClFN2O2/c1-20-11-7-3-5-9(16)12(11)14(19)18-13-8(15)4-2-6-10(13)17/h2-7H,17H2,1H3,(H,18,19). The normalized spacial score (nSPS) is 10.2. The minimum atomic E-state index is -0.688. The maximum Gasteiger partial charge on any atom is 0.262 e. The topological polar surface area (TPSA) is 64.3 Å². The molecule has 104 valence electrons. The molecule has 4 nitrogen and oxygen atoms in total. The molecular weight excluding hydrogens is 283 g/mol. The highest BCUT2D eigenvalue weighted by atomic mass is 35.5. The van der Waals surface area contributed by atoms with E-state index in [1.807, 2.05) is 0 Å². The SMILES string of the molecule is COc1cccc(F)c1C(=O)Nc1c(N)cccc1Cl. The third-order valence-corrected chi connectivity index (χ3v) is 3.02. The van der Waals surface area contributed by atoms with Crippen molar-refractivity contribution in [1.29, 1.82) is 0 Å². The molecule has 0 bridgehead atoms. The van der Waals surface area contributed by atoms with Crippen LogP contribution in [0.25, 0.3) is 0 Å². The molecule has 0 saturated carbocycles. The van der Waals surface area contributed by atoms with Gasteiger partial charge in [-0.1, -0.05) is 23.7 Å². The van der Waals surface area contributed by atoms with Gasteiger partial charge in [0.1, 0.15) is 17.1 Å². The second-order valence-electron chi connectivity index (χ2n) is 3.98. The number of hydrogen-bond acceptors (Lipinski definition) is 3. The number of carbonyl (C=O) groups is 1. The fourth-order valence-electron chi connectivity index (χ4n) is 1.74. The van der Waals surface area contributed by atoms with E-state index in [0.717, 1.165) is 0 Å². The predicted molar refractivity (Wildman–Crippen MR) is 76.8 cm³/mol. The number of methoxy groups -OCH3 is 1. The second kappa shape index (κ2) is 5.79. The molecule has 0 aromatic heterocycles. The maximum atomic E-state index is 13.8. The molecule has 6 heteroatoms. The Labute approximate surface area is 120 Å². The highest BCUT2D eigenvalue weighted by Gasteiger charge is 2.19. The van der Waals surface area contributed by atoms with E-state index in [1.165, 1.54) is 25.3 Å². The maximum absolute atomic E-state index is 13.8. The molecule has 3 N–H and O–H groups in total. The van der Waals surface area contributed by atoms with Gasteiger partial charge in [-0.25, -0.2) is 4.39 Å².